The Balaban J connectivity index is 1.37. The van der Waals surface area contributed by atoms with Crippen molar-refractivity contribution in [2.24, 2.45) is 0 Å². The molecule has 0 N–H and O–H groups in total. The van der Waals surface area contributed by atoms with Crippen LogP contribution >= 0.6 is 0 Å². The summed E-state index contributed by atoms with van der Waals surface area (Å²) >= 11 is 0. The average Bonchev–Trinajstić information content (AvgIpc) is 3.23. The molecule has 0 saturated heterocycles. The highest BCUT2D eigenvalue weighted by Gasteiger charge is 2.19. The standard InChI is InChI=1S/C22H18N2O6/c1-13-10-19(25)29-18-11-16(8-9-17(13)18)27-12-20(26)28-14(2)21-23-24-22(30-21)15-6-4-3-5-7-15/h3-11,14H,12H2,1-2H3/t14-/m0/s1. The number of aryl methyl sites for hydroxylation is 1. The zero-order valence-electron chi connectivity index (χ0n) is 16.3. The molecule has 1 atom stereocenters. The first kappa shape index (κ1) is 19.4. The van der Waals surface area contributed by atoms with Crippen LogP contribution in [-0.2, 0) is 9.53 Å². The number of aromatic nitrogens is 2. The van der Waals surface area contributed by atoms with E-state index in [2.05, 4.69) is 10.2 Å². The van der Waals surface area contributed by atoms with Crippen LogP contribution in [0.4, 0.5) is 0 Å². The molecule has 0 saturated carbocycles. The molecule has 8 heteroatoms. The average molecular weight is 406 g/mol. The van der Waals surface area contributed by atoms with E-state index in [0.29, 0.717) is 17.2 Å². The molecule has 2 aromatic carbocycles. The summed E-state index contributed by atoms with van der Waals surface area (Å²) in [5.74, 6) is 0.306. The fourth-order valence-corrected chi connectivity index (χ4v) is 2.92. The van der Waals surface area contributed by atoms with Gasteiger partial charge in [0.15, 0.2) is 12.7 Å². The number of hydrogen-bond donors (Lipinski definition) is 0. The first-order valence-corrected chi connectivity index (χ1v) is 9.25. The van der Waals surface area contributed by atoms with Crippen molar-refractivity contribution in [3.05, 3.63) is 76.5 Å². The Bertz CT molecular complexity index is 1250. The summed E-state index contributed by atoms with van der Waals surface area (Å²) in [6.07, 6.45) is -0.733. The van der Waals surface area contributed by atoms with Crippen molar-refractivity contribution in [2.45, 2.75) is 20.0 Å². The summed E-state index contributed by atoms with van der Waals surface area (Å²) in [6.45, 7) is 3.12. The topological polar surface area (TPSA) is 105 Å². The van der Waals surface area contributed by atoms with Crippen LogP contribution in [0.2, 0.25) is 0 Å². The molecule has 0 bridgehead atoms. The predicted octanol–water partition coefficient (Wildman–Crippen LogP) is 3.83. The van der Waals surface area contributed by atoms with Crippen LogP contribution in [0.5, 0.6) is 5.75 Å². The molecule has 2 heterocycles. The van der Waals surface area contributed by atoms with Gasteiger partial charge < -0.3 is 18.3 Å². The first-order chi connectivity index (χ1) is 14.5. The van der Waals surface area contributed by atoms with Crippen LogP contribution in [0, 0.1) is 6.92 Å². The molecule has 0 aliphatic heterocycles. The molecule has 4 aromatic rings. The fraction of sp³-hybridized carbons (Fsp3) is 0.182. The van der Waals surface area contributed by atoms with E-state index < -0.39 is 17.7 Å². The van der Waals surface area contributed by atoms with E-state index in [0.717, 1.165) is 16.5 Å². The predicted molar refractivity (Wildman–Crippen MR) is 107 cm³/mol. The molecule has 0 spiro atoms. The maximum atomic E-state index is 12.1. The molecular weight excluding hydrogens is 388 g/mol. The SMILES string of the molecule is Cc1cc(=O)oc2cc(OCC(=O)O[C@@H](C)c3nnc(-c4ccccc4)o3)ccc12. The molecule has 0 radical (unpaired) electrons. The van der Waals surface area contributed by atoms with Crippen molar-refractivity contribution in [2.75, 3.05) is 6.61 Å². The molecule has 2 aromatic heterocycles. The van der Waals surface area contributed by atoms with Crippen molar-refractivity contribution < 1.29 is 23.1 Å². The Morgan fingerprint density at radius 3 is 2.67 bits per heavy atom. The van der Waals surface area contributed by atoms with E-state index in [4.69, 9.17) is 18.3 Å². The van der Waals surface area contributed by atoms with E-state index in [-0.39, 0.29) is 12.5 Å². The molecule has 152 valence electrons. The first-order valence-electron chi connectivity index (χ1n) is 9.25. The number of esters is 1. The maximum absolute atomic E-state index is 12.1. The normalized spacial score (nSPS) is 11.9. The molecule has 0 aliphatic rings. The molecule has 0 aliphatic carbocycles. The van der Waals surface area contributed by atoms with Crippen molar-refractivity contribution in [1.29, 1.82) is 0 Å². The number of rotatable bonds is 6. The quantitative estimate of drug-likeness (QED) is 0.351. The zero-order valence-corrected chi connectivity index (χ0v) is 16.3. The van der Waals surface area contributed by atoms with Crippen LogP contribution in [0.3, 0.4) is 0 Å². The van der Waals surface area contributed by atoms with Crippen LogP contribution in [0.25, 0.3) is 22.4 Å². The number of ether oxygens (including phenoxy) is 2. The fourth-order valence-electron chi connectivity index (χ4n) is 2.92. The summed E-state index contributed by atoms with van der Waals surface area (Å²) in [7, 11) is 0. The van der Waals surface area contributed by atoms with E-state index >= 15 is 0 Å². The minimum atomic E-state index is -0.733. The Morgan fingerprint density at radius 2 is 1.87 bits per heavy atom. The van der Waals surface area contributed by atoms with Gasteiger partial charge in [-0.3, -0.25) is 0 Å². The zero-order chi connectivity index (χ0) is 21.1. The second-order valence-corrected chi connectivity index (χ2v) is 6.64. The third-order valence-corrected chi connectivity index (χ3v) is 4.40. The minimum Gasteiger partial charge on any atom is -0.482 e. The second-order valence-electron chi connectivity index (χ2n) is 6.64. The molecule has 30 heavy (non-hydrogen) atoms. The lowest BCUT2D eigenvalue weighted by Gasteiger charge is -2.11. The summed E-state index contributed by atoms with van der Waals surface area (Å²) in [6, 6.07) is 15.7. The highest BCUT2D eigenvalue weighted by molar-refractivity contribution is 5.81. The van der Waals surface area contributed by atoms with Gasteiger partial charge in [0.25, 0.3) is 5.89 Å². The second kappa shape index (κ2) is 8.20. The van der Waals surface area contributed by atoms with Gasteiger partial charge in [-0.1, -0.05) is 18.2 Å². The summed E-state index contributed by atoms with van der Waals surface area (Å²) in [4.78, 5) is 23.7. The molecule has 8 nitrogen and oxygen atoms in total. The third kappa shape index (κ3) is 4.22. The molecule has 4 rings (SSSR count). The third-order valence-electron chi connectivity index (χ3n) is 4.40. The summed E-state index contributed by atoms with van der Waals surface area (Å²) in [5.41, 5.74) is 1.52. The summed E-state index contributed by atoms with van der Waals surface area (Å²) in [5, 5.41) is 8.71. The lowest BCUT2D eigenvalue weighted by molar-refractivity contribution is -0.152. The lowest BCUT2D eigenvalue weighted by Crippen LogP contribution is -2.17. The van der Waals surface area contributed by atoms with Crippen LogP contribution in [-0.4, -0.2) is 22.8 Å². The number of hydrogen-bond acceptors (Lipinski definition) is 8. The largest absolute Gasteiger partial charge is 0.482 e. The van der Waals surface area contributed by atoms with Gasteiger partial charge in [-0.05, 0) is 43.7 Å². The number of carbonyl (C=O) groups is 1. The van der Waals surface area contributed by atoms with Gasteiger partial charge in [-0.15, -0.1) is 10.2 Å². The molecule has 0 unspecified atom stereocenters. The van der Waals surface area contributed by atoms with Gasteiger partial charge in [0.1, 0.15) is 11.3 Å². The number of nitrogens with zero attached hydrogens (tertiary/aromatic N) is 2. The van der Waals surface area contributed by atoms with E-state index in [1.54, 1.807) is 25.1 Å². The van der Waals surface area contributed by atoms with Crippen LogP contribution in [0.1, 0.15) is 24.5 Å². The minimum absolute atomic E-state index is 0.185. The Labute approximate surface area is 171 Å². The van der Waals surface area contributed by atoms with Crippen LogP contribution < -0.4 is 10.4 Å². The lowest BCUT2D eigenvalue weighted by atomic mass is 10.1. The number of fused-ring (bicyclic) bond motifs is 1. The molecule has 0 fully saturated rings. The maximum Gasteiger partial charge on any atom is 0.344 e. The van der Waals surface area contributed by atoms with E-state index in [1.807, 2.05) is 37.3 Å². The van der Waals surface area contributed by atoms with Crippen molar-refractivity contribution in [3.63, 3.8) is 0 Å². The highest BCUT2D eigenvalue weighted by Crippen LogP contribution is 2.24. The van der Waals surface area contributed by atoms with Crippen molar-refractivity contribution in [3.8, 4) is 17.2 Å². The highest BCUT2D eigenvalue weighted by atomic mass is 16.6. The van der Waals surface area contributed by atoms with Gasteiger partial charge in [-0.25, -0.2) is 9.59 Å². The van der Waals surface area contributed by atoms with Gasteiger partial charge in [0.2, 0.25) is 5.89 Å². The van der Waals surface area contributed by atoms with Gasteiger partial charge in [-0.2, -0.15) is 0 Å². The van der Waals surface area contributed by atoms with E-state index in [1.165, 1.54) is 6.07 Å². The monoisotopic (exact) mass is 406 g/mol. The van der Waals surface area contributed by atoms with Gasteiger partial charge >= 0.3 is 11.6 Å². The smallest absolute Gasteiger partial charge is 0.344 e. The number of benzene rings is 2. The Hall–Kier alpha value is -3.94. The van der Waals surface area contributed by atoms with Crippen molar-refractivity contribution in [1.82, 2.24) is 10.2 Å². The van der Waals surface area contributed by atoms with Crippen LogP contribution in [0.15, 0.2) is 68.2 Å². The van der Waals surface area contributed by atoms with Gasteiger partial charge in [0.05, 0.1) is 0 Å². The Morgan fingerprint density at radius 1 is 1.07 bits per heavy atom. The van der Waals surface area contributed by atoms with Gasteiger partial charge in [0, 0.05) is 23.1 Å². The molecule has 0 amide bonds. The van der Waals surface area contributed by atoms with Crippen molar-refractivity contribution >= 4 is 16.9 Å². The molecular formula is C22H18N2O6. The Kier molecular flexibility index (Phi) is 5.30. The summed E-state index contributed by atoms with van der Waals surface area (Å²) < 4.78 is 21.5. The number of carbonyl (C=O) groups excluding carboxylic acids is 1. The van der Waals surface area contributed by atoms with E-state index in [9.17, 15) is 9.59 Å².